The maximum atomic E-state index is 12.6. The van der Waals surface area contributed by atoms with E-state index in [9.17, 15) is 18.0 Å². The molecule has 0 saturated heterocycles. The van der Waals surface area contributed by atoms with Gasteiger partial charge in [-0.3, -0.25) is 14.3 Å². The molecule has 2 aromatic carbocycles. The molecule has 0 saturated carbocycles. The molecule has 2 aromatic rings. The number of Topliss-reactive ketones (excluding diaryl/α,β-unsaturated/α-hetero) is 1. The van der Waals surface area contributed by atoms with E-state index in [1.54, 1.807) is 29.2 Å². The van der Waals surface area contributed by atoms with Crippen LogP contribution in [0.5, 0.6) is 0 Å². The van der Waals surface area contributed by atoms with Crippen molar-refractivity contribution in [3.05, 3.63) is 59.7 Å². The zero-order valence-corrected chi connectivity index (χ0v) is 15.8. The van der Waals surface area contributed by atoms with Crippen molar-refractivity contribution in [3.8, 4) is 0 Å². The molecule has 0 unspecified atom stereocenters. The van der Waals surface area contributed by atoms with Crippen LogP contribution in [0.15, 0.2) is 53.4 Å². The van der Waals surface area contributed by atoms with Crippen LogP contribution in [0.4, 0.5) is 5.69 Å². The molecule has 0 aromatic heterocycles. The first-order valence-electron chi connectivity index (χ1n) is 8.31. The van der Waals surface area contributed by atoms with Crippen LogP contribution in [0, 0.1) is 0 Å². The maximum absolute atomic E-state index is 12.6. The Kier molecular flexibility index (Phi) is 6.15. The molecular formula is C19H22N2O4S. The third-order valence-corrected chi connectivity index (χ3v) is 5.34. The van der Waals surface area contributed by atoms with E-state index in [1.807, 2.05) is 13.8 Å². The molecule has 0 radical (unpaired) electrons. The summed E-state index contributed by atoms with van der Waals surface area (Å²) in [7, 11) is -3.87. The van der Waals surface area contributed by atoms with Gasteiger partial charge >= 0.3 is 0 Å². The molecule has 0 fully saturated rings. The second-order valence-electron chi connectivity index (χ2n) is 5.75. The van der Waals surface area contributed by atoms with E-state index in [0.717, 1.165) is 0 Å². The molecule has 0 aliphatic heterocycles. The van der Waals surface area contributed by atoms with E-state index < -0.39 is 10.0 Å². The van der Waals surface area contributed by atoms with Crippen molar-refractivity contribution < 1.29 is 18.0 Å². The Morgan fingerprint density at radius 2 is 1.58 bits per heavy atom. The van der Waals surface area contributed by atoms with Gasteiger partial charge in [0.05, 0.1) is 4.90 Å². The first-order chi connectivity index (χ1) is 12.3. The fraction of sp³-hybridized carbons (Fsp3) is 0.263. The van der Waals surface area contributed by atoms with Gasteiger partial charge in [0.1, 0.15) is 0 Å². The van der Waals surface area contributed by atoms with Crippen LogP contribution in [0.3, 0.4) is 0 Å². The molecule has 0 bridgehead atoms. The highest BCUT2D eigenvalue weighted by molar-refractivity contribution is 7.92. The van der Waals surface area contributed by atoms with Gasteiger partial charge in [0, 0.05) is 29.9 Å². The highest BCUT2D eigenvalue weighted by Gasteiger charge is 2.17. The summed E-state index contributed by atoms with van der Waals surface area (Å²) in [6.07, 6.45) is 0. The Bertz CT molecular complexity index is 919. The Hall–Kier alpha value is -2.67. The number of rotatable bonds is 7. The highest BCUT2D eigenvalue weighted by Crippen LogP contribution is 2.19. The lowest BCUT2D eigenvalue weighted by Gasteiger charge is -2.19. The van der Waals surface area contributed by atoms with Crippen LogP contribution < -0.4 is 4.72 Å². The summed E-state index contributed by atoms with van der Waals surface area (Å²) < 4.78 is 27.6. The molecule has 0 aliphatic rings. The van der Waals surface area contributed by atoms with Gasteiger partial charge in [-0.25, -0.2) is 8.42 Å². The Labute approximate surface area is 153 Å². The molecule has 1 N–H and O–H groups in total. The maximum Gasteiger partial charge on any atom is 0.261 e. The number of hydrogen-bond acceptors (Lipinski definition) is 4. The van der Waals surface area contributed by atoms with E-state index in [2.05, 4.69) is 4.72 Å². The Morgan fingerprint density at radius 1 is 0.962 bits per heavy atom. The quantitative estimate of drug-likeness (QED) is 0.755. The topological polar surface area (TPSA) is 83.6 Å². The average molecular weight is 374 g/mol. The van der Waals surface area contributed by atoms with Gasteiger partial charge in [-0.1, -0.05) is 18.2 Å². The summed E-state index contributed by atoms with van der Waals surface area (Å²) in [6.45, 7) is 6.29. The molecule has 26 heavy (non-hydrogen) atoms. The van der Waals surface area contributed by atoms with Gasteiger partial charge in [0.25, 0.3) is 15.9 Å². The van der Waals surface area contributed by atoms with Gasteiger partial charge in [0.2, 0.25) is 0 Å². The number of nitrogens with one attached hydrogen (secondary N) is 1. The van der Waals surface area contributed by atoms with Crippen molar-refractivity contribution in [1.29, 1.82) is 0 Å². The lowest BCUT2D eigenvalue weighted by Crippen LogP contribution is -2.30. The summed E-state index contributed by atoms with van der Waals surface area (Å²) in [4.78, 5) is 25.5. The SMILES string of the molecule is CCN(CC)C(=O)c1cccc(NS(=O)(=O)c2cccc(C(C)=O)c2)c1. The van der Waals surface area contributed by atoms with E-state index in [4.69, 9.17) is 0 Å². The van der Waals surface area contributed by atoms with Crippen molar-refractivity contribution in [2.24, 2.45) is 0 Å². The Balaban J connectivity index is 2.30. The number of carbonyl (C=O) groups is 2. The number of benzene rings is 2. The normalized spacial score (nSPS) is 11.0. The van der Waals surface area contributed by atoms with Gasteiger partial charge in [-0.2, -0.15) is 0 Å². The van der Waals surface area contributed by atoms with Crippen LogP contribution in [-0.2, 0) is 10.0 Å². The predicted octanol–water partition coefficient (Wildman–Crippen LogP) is 3.17. The van der Waals surface area contributed by atoms with E-state index >= 15 is 0 Å². The number of ketones is 1. The minimum absolute atomic E-state index is 0.00864. The number of nitrogens with zero attached hydrogens (tertiary/aromatic N) is 1. The summed E-state index contributed by atoms with van der Waals surface area (Å²) in [6, 6.07) is 12.2. The molecule has 6 nitrogen and oxygen atoms in total. The van der Waals surface area contributed by atoms with Crippen molar-refractivity contribution >= 4 is 27.4 Å². The van der Waals surface area contributed by atoms with E-state index in [0.29, 0.717) is 24.2 Å². The van der Waals surface area contributed by atoms with Crippen molar-refractivity contribution in [1.82, 2.24) is 4.90 Å². The second kappa shape index (κ2) is 8.14. The van der Waals surface area contributed by atoms with Crippen LogP contribution >= 0.6 is 0 Å². The zero-order valence-electron chi connectivity index (χ0n) is 15.0. The summed E-state index contributed by atoms with van der Waals surface area (Å²) >= 11 is 0. The fourth-order valence-electron chi connectivity index (χ4n) is 2.51. The zero-order chi connectivity index (χ0) is 19.3. The van der Waals surface area contributed by atoms with Crippen molar-refractivity contribution in [2.75, 3.05) is 17.8 Å². The van der Waals surface area contributed by atoms with Gasteiger partial charge in [0.15, 0.2) is 5.78 Å². The monoisotopic (exact) mass is 374 g/mol. The number of hydrogen-bond donors (Lipinski definition) is 1. The van der Waals surface area contributed by atoms with Crippen LogP contribution in [0.25, 0.3) is 0 Å². The number of amides is 1. The molecular weight excluding hydrogens is 352 g/mol. The minimum atomic E-state index is -3.87. The lowest BCUT2D eigenvalue weighted by molar-refractivity contribution is 0.0772. The number of carbonyl (C=O) groups excluding carboxylic acids is 2. The largest absolute Gasteiger partial charge is 0.339 e. The lowest BCUT2D eigenvalue weighted by atomic mass is 10.2. The molecule has 0 atom stereocenters. The average Bonchev–Trinajstić information content (AvgIpc) is 2.62. The minimum Gasteiger partial charge on any atom is -0.339 e. The highest BCUT2D eigenvalue weighted by atomic mass is 32.2. The summed E-state index contributed by atoms with van der Waals surface area (Å²) in [5.74, 6) is -0.372. The smallest absolute Gasteiger partial charge is 0.261 e. The van der Waals surface area contributed by atoms with Crippen molar-refractivity contribution in [2.45, 2.75) is 25.7 Å². The molecule has 7 heteroatoms. The Morgan fingerprint density at radius 3 is 2.19 bits per heavy atom. The van der Waals surface area contributed by atoms with Gasteiger partial charge < -0.3 is 4.90 Å². The standard InChI is InChI=1S/C19H22N2O4S/c1-4-21(5-2)19(23)16-9-6-10-17(12-16)20-26(24,25)18-11-7-8-15(13-18)14(3)22/h6-13,20H,4-5H2,1-3H3. The second-order valence-corrected chi connectivity index (χ2v) is 7.43. The number of sulfonamides is 1. The third-order valence-electron chi connectivity index (χ3n) is 3.96. The molecule has 138 valence electrons. The first kappa shape index (κ1) is 19.7. The molecule has 2 rings (SSSR count). The summed E-state index contributed by atoms with van der Waals surface area (Å²) in [5.41, 5.74) is 1.01. The first-order valence-corrected chi connectivity index (χ1v) is 9.80. The van der Waals surface area contributed by atoms with Crippen LogP contribution in [-0.4, -0.2) is 38.1 Å². The van der Waals surface area contributed by atoms with Crippen LogP contribution in [0.2, 0.25) is 0 Å². The van der Waals surface area contributed by atoms with Crippen LogP contribution in [0.1, 0.15) is 41.5 Å². The van der Waals surface area contributed by atoms with Crippen molar-refractivity contribution in [3.63, 3.8) is 0 Å². The molecule has 0 aliphatic carbocycles. The predicted molar refractivity (Wildman–Crippen MR) is 101 cm³/mol. The third kappa shape index (κ3) is 4.49. The van der Waals surface area contributed by atoms with Gasteiger partial charge in [-0.05, 0) is 51.1 Å². The molecule has 1 amide bonds. The van der Waals surface area contributed by atoms with Gasteiger partial charge in [-0.15, -0.1) is 0 Å². The molecule has 0 heterocycles. The fourth-order valence-corrected chi connectivity index (χ4v) is 3.60. The number of anilines is 1. The van der Waals surface area contributed by atoms with E-state index in [-0.39, 0.29) is 22.3 Å². The molecule has 0 spiro atoms. The summed E-state index contributed by atoms with van der Waals surface area (Å²) in [5, 5.41) is 0. The van der Waals surface area contributed by atoms with E-state index in [1.165, 1.54) is 31.2 Å².